The maximum Gasteiger partial charge on any atom is 0.417 e. The smallest absolute Gasteiger partial charge is 0.417 e. The molecule has 0 amide bonds. The van der Waals surface area contributed by atoms with Gasteiger partial charge in [-0.3, -0.25) is 5.43 Å². The molecule has 1 aromatic heterocycles. The molecule has 2 aromatic rings. The highest BCUT2D eigenvalue weighted by Gasteiger charge is 2.30. The highest BCUT2D eigenvalue weighted by Crippen LogP contribution is 2.37. The Bertz CT molecular complexity index is 796. The Balaban J connectivity index is 2.11. The third-order valence-electron chi connectivity index (χ3n) is 3.63. The van der Waals surface area contributed by atoms with E-state index in [-0.39, 0.29) is 11.9 Å². The average Bonchev–Trinajstić information content (AvgIpc) is 2.63. The van der Waals surface area contributed by atoms with Gasteiger partial charge in [-0.2, -0.15) is 18.3 Å². The van der Waals surface area contributed by atoms with Gasteiger partial charge in [-0.1, -0.05) is 6.92 Å². The first-order chi connectivity index (χ1) is 12.7. The van der Waals surface area contributed by atoms with Crippen LogP contribution in [0.1, 0.15) is 31.4 Å². The minimum atomic E-state index is -4.42. The van der Waals surface area contributed by atoms with Gasteiger partial charge >= 0.3 is 6.18 Å². The Labute approximate surface area is 163 Å². The number of pyridine rings is 1. The van der Waals surface area contributed by atoms with Crippen LogP contribution in [-0.2, 0) is 6.18 Å². The molecule has 0 aliphatic carbocycles. The Kier molecular flexibility index (Phi) is 7.06. The van der Waals surface area contributed by atoms with E-state index in [1.165, 1.54) is 19.4 Å². The van der Waals surface area contributed by atoms with Crippen LogP contribution in [-0.4, -0.2) is 24.4 Å². The zero-order chi connectivity index (χ0) is 20.0. The SMILES string of the molecule is CC[C@@H](C)Oc1c(Br)cc(/C=N\Nc2ccc(C(F)(F)F)cn2)cc1OC. The maximum atomic E-state index is 12.5. The predicted molar refractivity (Wildman–Crippen MR) is 102 cm³/mol. The van der Waals surface area contributed by atoms with E-state index in [4.69, 9.17) is 9.47 Å². The second-order valence-electron chi connectivity index (χ2n) is 5.67. The van der Waals surface area contributed by atoms with Gasteiger partial charge in [-0.15, -0.1) is 0 Å². The molecule has 0 radical (unpaired) electrons. The Morgan fingerprint density at radius 2 is 2.07 bits per heavy atom. The van der Waals surface area contributed by atoms with E-state index in [0.717, 1.165) is 18.7 Å². The van der Waals surface area contributed by atoms with Gasteiger partial charge in [0.05, 0.1) is 29.5 Å². The molecule has 0 fully saturated rings. The largest absolute Gasteiger partial charge is 0.493 e. The number of aromatic nitrogens is 1. The standard InChI is InChI=1S/C18H19BrF3N3O2/c1-4-11(2)27-17-14(19)7-12(8-15(17)26-3)9-24-25-16-6-5-13(10-23-16)18(20,21)22/h5-11H,4H2,1-3H3,(H,23,25)/b24-9-/t11-/m1/s1. The lowest BCUT2D eigenvalue weighted by molar-refractivity contribution is -0.137. The molecular formula is C18H19BrF3N3O2. The number of benzene rings is 1. The lowest BCUT2D eigenvalue weighted by Crippen LogP contribution is -2.11. The molecule has 0 aliphatic rings. The molecule has 5 nitrogen and oxygen atoms in total. The van der Waals surface area contributed by atoms with E-state index in [1.54, 1.807) is 12.1 Å². The van der Waals surface area contributed by atoms with Crippen LogP contribution in [0.25, 0.3) is 0 Å². The van der Waals surface area contributed by atoms with Crippen LogP contribution in [0.15, 0.2) is 40.0 Å². The van der Waals surface area contributed by atoms with Crippen LogP contribution >= 0.6 is 15.9 Å². The molecule has 0 unspecified atom stereocenters. The van der Waals surface area contributed by atoms with Gasteiger partial charge in [0.1, 0.15) is 5.82 Å². The number of alkyl halides is 3. The first-order valence-corrected chi connectivity index (χ1v) is 8.90. The van der Waals surface area contributed by atoms with Gasteiger partial charge in [-0.25, -0.2) is 4.98 Å². The zero-order valence-electron chi connectivity index (χ0n) is 15.0. The molecule has 1 N–H and O–H groups in total. The van der Waals surface area contributed by atoms with Gasteiger partial charge in [0.15, 0.2) is 11.5 Å². The monoisotopic (exact) mass is 445 g/mol. The summed E-state index contributed by atoms with van der Waals surface area (Å²) in [6.45, 7) is 3.98. The van der Waals surface area contributed by atoms with Crippen LogP contribution in [0.4, 0.5) is 19.0 Å². The summed E-state index contributed by atoms with van der Waals surface area (Å²) < 4.78 is 49.5. The van der Waals surface area contributed by atoms with Gasteiger partial charge < -0.3 is 9.47 Å². The minimum Gasteiger partial charge on any atom is -0.493 e. The molecule has 9 heteroatoms. The first kappa shape index (κ1) is 21.0. The number of methoxy groups -OCH3 is 1. The summed E-state index contributed by atoms with van der Waals surface area (Å²) in [5.74, 6) is 1.34. The number of rotatable bonds is 7. The number of hydrogen-bond donors (Lipinski definition) is 1. The minimum absolute atomic E-state index is 0.0297. The van der Waals surface area contributed by atoms with E-state index in [1.807, 2.05) is 13.8 Å². The van der Waals surface area contributed by atoms with E-state index in [0.29, 0.717) is 21.5 Å². The quantitative estimate of drug-likeness (QED) is 0.451. The fourth-order valence-electron chi connectivity index (χ4n) is 2.01. The number of ether oxygens (including phenoxy) is 2. The molecule has 1 atom stereocenters. The van der Waals surface area contributed by atoms with E-state index < -0.39 is 11.7 Å². The van der Waals surface area contributed by atoms with Crippen molar-refractivity contribution in [1.82, 2.24) is 4.98 Å². The number of hydrazone groups is 1. The van der Waals surface area contributed by atoms with Gasteiger partial charge in [0.25, 0.3) is 0 Å². The number of nitrogens with zero attached hydrogens (tertiary/aromatic N) is 2. The fraction of sp³-hybridized carbons (Fsp3) is 0.333. The van der Waals surface area contributed by atoms with Crippen molar-refractivity contribution in [3.8, 4) is 11.5 Å². The van der Waals surface area contributed by atoms with E-state index in [2.05, 4.69) is 31.4 Å². The van der Waals surface area contributed by atoms with Gasteiger partial charge in [0.2, 0.25) is 0 Å². The molecule has 0 spiro atoms. The number of halogens is 4. The Morgan fingerprint density at radius 1 is 1.33 bits per heavy atom. The van der Waals surface area contributed by atoms with Crippen LogP contribution in [0.5, 0.6) is 11.5 Å². The predicted octanol–water partition coefficient (Wildman–Crippen LogP) is 5.49. The van der Waals surface area contributed by atoms with Crippen LogP contribution in [0, 0.1) is 0 Å². The molecule has 27 heavy (non-hydrogen) atoms. The molecule has 0 aliphatic heterocycles. The molecule has 1 heterocycles. The summed E-state index contributed by atoms with van der Waals surface area (Å²) >= 11 is 3.45. The topological polar surface area (TPSA) is 55.7 Å². The highest BCUT2D eigenvalue weighted by atomic mass is 79.9. The van der Waals surface area contributed by atoms with Crippen molar-refractivity contribution in [2.45, 2.75) is 32.5 Å². The normalized spacial score (nSPS) is 12.9. The third-order valence-corrected chi connectivity index (χ3v) is 4.22. The summed E-state index contributed by atoms with van der Waals surface area (Å²) in [5.41, 5.74) is 2.47. The van der Waals surface area contributed by atoms with Crippen molar-refractivity contribution in [2.24, 2.45) is 5.10 Å². The number of hydrogen-bond acceptors (Lipinski definition) is 5. The summed E-state index contributed by atoms with van der Waals surface area (Å²) in [4.78, 5) is 3.68. The van der Waals surface area contributed by atoms with Crippen molar-refractivity contribution in [3.63, 3.8) is 0 Å². The van der Waals surface area contributed by atoms with Crippen molar-refractivity contribution in [2.75, 3.05) is 12.5 Å². The van der Waals surface area contributed by atoms with Gasteiger partial charge in [0, 0.05) is 6.20 Å². The summed E-state index contributed by atoms with van der Waals surface area (Å²) in [5, 5.41) is 3.99. The van der Waals surface area contributed by atoms with Crippen molar-refractivity contribution in [3.05, 3.63) is 46.1 Å². The van der Waals surface area contributed by atoms with Crippen molar-refractivity contribution in [1.29, 1.82) is 0 Å². The van der Waals surface area contributed by atoms with E-state index >= 15 is 0 Å². The highest BCUT2D eigenvalue weighted by molar-refractivity contribution is 9.10. The molecule has 0 saturated carbocycles. The second-order valence-corrected chi connectivity index (χ2v) is 6.53. The average molecular weight is 446 g/mol. The van der Waals surface area contributed by atoms with Crippen LogP contribution < -0.4 is 14.9 Å². The molecular weight excluding hydrogens is 427 g/mol. The molecule has 1 aromatic carbocycles. The van der Waals surface area contributed by atoms with Gasteiger partial charge in [-0.05, 0) is 59.1 Å². The van der Waals surface area contributed by atoms with Crippen molar-refractivity contribution >= 4 is 28.0 Å². The van der Waals surface area contributed by atoms with E-state index in [9.17, 15) is 13.2 Å². The maximum absolute atomic E-state index is 12.5. The summed E-state index contributed by atoms with van der Waals surface area (Å²) in [7, 11) is 1.54. The molecule has 0 bridgehead atoms. The molecule has 146 valence electrons. The van der Waals surface area contributed by atoms with Crippen LogP contribution in [0.3, 0.4) is 0 Å². The second kappa shape index (κ2) is 9.07. The third kappa shape index (κ3) is 5.85. The summed E-state index contributed by atoms with van der Waals surface area (Å²) in [6, 6.07) is 5.69. The molecule has 0 saturated heterocycles. The lowest BCUT2D eigenvalue weighted by atomic mass is 10.2. The first-order valence-electron chi connectivity index (χ1n) is 8.11. The Morgan fingerprint density at radius 3 is 2.63 bits per heavy atom. The Hall–Kier alpha value is -2.29. The number of anilines is 1. The molecule has 2 rings (SSSR count). The van der Waals surface area contributed by atoms with Crippen LogP contribution in [0.2, 0.25) is 0 Å². The lowest BCUT2D eigenvalue weighted by Gasteiger charge is -2.17. The number of nitrogens with one attached hydrogen (secondary N) is 1. The van der Waals surface area contributed by atoms with Crippen molar-refractivity contribution < 1.29 is 22.6 Å². The fourth-order valence-corrected chi connectivity index (χ4v) is 2.57. The summed E-state index contributed by atoms with van der Waals surface area (Å²) in [6.07, 6.45) is -1.29. The zero-order valence-corrected chi connectivity index (χ0v) is 16.6.